The van der Waals surface area contributed by atoms with Crippen molar-refractivity contribution >= 4 is 12.6 Å². The highest BCUT2D eigenvalue weighted by molar-refractivity contribution is 6.58. The maximum Gasteiger partial charge on any atom is 0.491 e. The molecule has 0 radical (unpaired) electrons. The summed E-state index contributed by atoms with van der Waals surface area (Å²) < 4.78 is 1.57. The van der Waals surface area contributed by atoms with Crippen LogP contribution in [0.4, 0.5) is 0 Å². The third-order valence-corrected chi connectivity index (χ3v) is 1.27. The quantitative estimate of drug-likeness (QED) is 0.420. The Balaban J connectivity index is 2.73. The van der Waals surface area contributed by atoms with Crippen molar-refractivity contribution in [2.45, 2.75) is 6.54 Å². The fraction of sp³-hybridized carbons (Fsp3) is 0.167. The van der Waals surface area contributed by atoms with Crippen LogP contribution < -0.4 is 5.46 Å². The van der Waals surface area contributed by atoms with E-state index in [4.69, 9.17) is 10.0 Å². The van der Waals surface area contributed by atoms with Crippen LogP contribution in [0.1, 0.15) is 0 Å². The second-order valence-electron chi connectivity index (χ2n) is 2.16. The lowest BCUT2D eigenvalue weighted by Crippen LogP contribution is -2.28. The first-order chi connectivity index (χ1) is 5.24. The molecule has 4 nitrogen and oxygen atoms in total. The lowest BCUT2D eigenvalue weighted by Gasteiger charge is -1.92. The first-order valence-electron chi connectivity index (χ1n) is 3.23. The molecular weight excluding hydrogens is 143 g/mol. The molecule has 0 bridgehead atoms. The summed E-state index contributed by atoms with van der Waals surface area (Å²) in [6.45, 7) is 4.10. The van der Waals surface area contributed by atoms with Crippen LogP contribution in [0.15, 0.2) is 25.0 Å². The Hall–Kier alpha value is -1.07. The smallest absolute Gasteiger partial charge is 0.423 e. The summed E-state index contributed by atoms with van der Waals surface area (Å²) in [7, 11) is -1.44. The van der Waals surface area contributed by atoms with Gasteiger partial charge >= 0.3 is 7.12 Å². The molecule has 0 fully saturated rings. The number of hydrogen-bond acceptors (Lipinski definition) is 3. The molecule has 11 heavy (non-hydrogen) atoms. The molecule has 1 rings (SSSR count). The van der Waals surface area contributed by atoms with Gasteiger partial charge in [-0.1, -0.05) is 6.08 Å². The molecule has 1 aromatic rings. The Morgan fingerprint density at radius 3 is 2.91 bits per heavy atom. The summed E-state index contributed by atoms with van der Waals surface area (Å²) in [5.74, 6) is 0. The van der Waals surface area contributed by atoms with Gasteiger partial charge in [-0.05, 0) is 0 Å². The molecule has 0 aliphatic carbocycles. The van der Waals surface area contributed by atoms with Gasteiger partial charge in [0.2, 0.25) is 0 Å². The minimum absolute atomic E-state index is 0.395. The molecule has 0 saturated heterocycles. The monoisotopic (exact) mass is 152 g/mol. The predicted molar refractivity (Wildman–Crippen MR) is 42.2 cm³/mol. The van der Waals surface area contributed by atoms with Gasteiger partial charge in [0.05, 0.1) is 6.54 Å². The van der Waals surface area contributed by atoms with Crippen molar-refractivity contribution < 1.29 is 10.0 Å². The summed E-state index contributed by atoms with van der Waals surface area (Å²) >= 11 is 0. The van der Waals surface area contributed by atoms with E-state index in [2.05, 4.69) is 11.7 Å². The lowest BCUT2D eigenvalue weighted by molar-refractivity contribution is 0.425. The minimum atomic E-state index is -1.44. The Bertz CT molecular complexity index is 246. The largest absolute Gasteiger partial charge is 0.491 e. The van der Waals surface area contributed by atoms with Gasteiger partial charge in [-0.2, -0.15) is 5.10 Å². The standard InChI is InChI=1S/C6H9BN2O2/c1-2-3-9-5-6(4-8-9)7(10)11/h2,4-5,10-11H,1,3H2. The van der Waals surface area contributed by atoms with Gasteiger partial charge in [0, 0.05) is 17.9 Å². The Labute approximate surface area is 64.9 Å². The molecule has 5 heteroatoms. The number of allylic oxidation sites excluding steroid dienone is 1. The van der Waals surface area contributed by atoms with E-state index >= 15 is 0 Å². The molecule has 0 spiro atoms. The van der Waals surface area contributed by atoms with Crippen molar-refractivity contribution in [1.29, 1.82) is 0 Å². The molecule has 0 saturated carbocycles. The van der Waals surface area contributed by atoms with Gasteiger partial charge in [0.15, 0.2) is 0 Å². The van der Waals surface area contributed by atoms with Crippen LogP contribution in [0.3, 0.4) is 0 Å². The Kier molecular flexibility index (Phi) is 2.46. The first-order valence-corrected chi connectivity index (χ1v) is 3.23. The van der Waals surface area contributed by atoms with Gasteiger partial charge < -0.3 is 10.0 Å². The molecule has 1 aromatic heterocycles. The van der Waals surface area contributed by atoms with E-state index in [1.54, 1.807) is 17.0 Å². The van der Waals surface area contributed by atoms with Crippen LogP contribution in [0, 0.1) is 0 Å². The molecule has 0 unspecified atom stereocenters. The third-order valence-electron chi connectivity index (χ3n) is 1.27. The maximum atomic E-state index is 8.68. The normalized spacial score (nSPS) is 9.64. The molecular formula is C6H9BN2O2. The van der Waals surface area contributed by atoms with E-state index in [1.165, 1.54) is 6.20 Å². The van der Waals surface area contributed by atoms with Gasteiger partial charge in [0.25, 0.3) is 0 Å². The first kappa shape index (κ1) is 8.04. The second-order valence-corrected chi connectivity index (χ2v) is 2.16. The number of hydrogen-bond donors (Lipinski definition) is 2. The molecule has 0 aliphatic rings. The summed E-state index contributed by atoms with van der Waals surface area (Å²) in [6.07, 6.45) is 4.65. The third kappa shape index (κ3) is 1.93. The minimum Gasteiger partial charge on any atom is -0.423 e. The van der Waals surface area contributed by atoms with Crippen LogP contribution in [0.25, 0.3) is 0 Å². The van der Waals surface area contributed by atoms with Gasteiger partial charge in [0.1, 0.15) is 0 Å². The highest BCUT2D eigenvalue weighted by atomic mass is 16.4. The molecule has 0 aliphatic heterocycles. The zero-order valence-electron chi connectivity index (χ0n) is 6.01. The second kappa shape index (κ2) is 3.36. The maximum absolute atomic E-state index is 8.68. The highest BCUT2D eigenvalue weighted by Crippen LogP contribution is 1.83. The fourth-order valence-corrected chi connectivity index (χ4v) is 0.745. The van der Waals surface area contributed by atoms with Crippen molar-refractivity contribution in [3.8, 4) is 0 Å². The van der Waals surface area contributed by atoms with Gasteiger partial charge in [-0.3, -0.25) is 4.68 Å². The van der Waals surface area contributed by atoms with Crippen LogP contribution in [0.5, 0.6) is 0 Å². The van der Waals surface area contributed by atoms with E-state index in [9.17, 15) is 0 Å². The SMILES string of the molecule is C=CCn1cc(B(O)O)cn1. The average molecular weight is 152 g/mol. The van der Waals surface area contributed by atoms with Crippen LogP contribution in [0.2, 0.25) is 0 Å². The summed E-state index contributed by atoms with van der Waals surface area (Å²) in [4.78, 5) is 0. The van der Waals surface area contributed by atoms with Crippen molar-refractivity contribution in [2.24, 2.45) is 0 Å². The Morgan fingerprint density at radius 1 is 1.73 bits per heavy atom. The van der Waals surface area contributed by atoms with E-state index in [0.717, 1.165) is 0 Å². The molecule has 0 amide bonds. The summed E-state index contributed by atoms with van der Waals surface area (Å²) in [6, 6.07) is 0. The van der Waals surface area contributed by atoms with Crippen molar-refractivity contribution in [3.63, 3.8) is 0 Å². The zero-order valence-corrected chi connectivity index (χ0v) is 6.01. The van der Waals surface area contributed by atoms with Crippen molar-refractivity contribution in [3.05, 3.63) is 25.0 Å². The van der Waals surface area contributed by atoms with E-state index in [0.29, 0.717) is 12.0 Å². The van der Waals surface area contributed by atoms with Crippen LogP contribution >= 0.6 is 0 Å². The van der Waals surface area contributed by atoms with Gasteiger partial charge in [-0.15, -0.1) is 6.58 Å². The van der Waals surface area contributed by atoms with E-state index < -0.39 is 7.12 Å². The average Bonchev–Trinajstić information content (AvgIpc) is 2.37. The highest BCUT2D eigenvalue weighted by Gasteiger charge is 2.12. The topological polar surface area (TPSA) is 58.3 Å². The molecule has 0 atom stereocenters. The van der Waals surface area contributed by atoms with E-state index in [-0.39, 0.29) is 0 Å². The number of rotatable bonds is 3. The van der Waals surface area contributed by atoms with Crippen molar-refractivity contribution in [2.75, 3.05) is 0 Å². The summed E-state index contributed by atoms with van der Waals surface area (Å²) in [5.41, 5.74) is 0.395. The predicted octanol–water partition coefficient (Wildman–Crippen LogP) is -1.25. The fourth-order valence-electron chi connectivity index (χ4n) is 0.745. The van der Waals surface area contributed by atoms with Gasteiger partial charge in [-0.25, -0.2) is 0 Å². The van der Waals surface area contributed by atoms with Crippen molar-refractivity contribution in [1.82, 2.24) is 9.78 Å². The Morgan fingerprint density at radius 2 is 2.45 bits per heavy atom. The zero-order chi connectivity index (χ0) is 8.27. The molecule has 1 heterocycles. The van der Waals surface area contributed by atoms with Crippen LogP contribution in [-0.4, -0.2) is 26.9 Å². The number of nitrogens with zero attached hydrogens (tertiary/aromatic N) is 2. The van der Waals surface area contributed by atoms with E-state index in [1.807, 2.05) is 0 Å². The molecule has 58 valence electrons. The van der Waals surface area contributed by atoms with Crippen LogP contribution in [-0.2, 0) is 6.54 Å². The lowest BCUT2D eigenvalue weighted by atomic mass is 9.83. The molecule has 2 N–H and O–H groups in total. The number of aromatic nitrogens is 2. The molecule has 0 aromatic carbocycles. The summed E-state index contributed by atoms with van der Waals surface area (Å²) in [5, 5.41) is 21.2.